The summed E-state index contributed by atoms with van der Waals surface area (Å²) in [4.78, 5) is 16.9. The Hall–Kier alpha value is -2.19. The smallest absolute Gasteiger partial charge is 0.382 e. The number of allylic oxidation sites excluding steroid dienone is 3. The molecule has 0 aromatic heterocycles. The molecular formula is C28H40ClF3N4O. The third-order valence-corrected chi connectivity index (χ3v) is 7.96. The maximum atomic E-state index is 13.3. The third-order valence-electron chi connectivity index (χ3n) is 7.74. The lowest BCUT2D eigenvalue weighted by molar-refractivity contribution is -0.148. The van der Waals surface area contributed by atoms with Gasteiger partial charge in [0.05, 0.1) is 6.54 Å². The van der Waals surface area contributed by atoms with Crippen LogP contribution in [0.3, 0.4) is 0 Å². The topological polar surface area (TPSA) is 47.6 Å². The molecule has 1 fully saturated rings. The van der Waals surface area contributed by atoms with Crippen molar-refractivity contribution in [3.63, 3.8) is 0 Å². The van der Waals surface area contributed by atoms with Crippen LogP contribution in [-0.4, -0.2) is 61.8 Å². The molecule has 1 aromatic carbocycles. The molecule has 1 aliphatic heterocycles. The van der Waals surface area contributed by atoms with E-state index in [2.05, 4.69) is 42.4 Å². The van der Waals surface area contributed by atoms with Crippen LogP contribution in [0.25, 0.3) is 0 Å². The molecule has 0 spiro atoms. The number of nitrogens with zero attached hydrogens (tertiary/aromatic N) is 2. The Morgan fingerprint density at radius 2 is 1.76 bits per heavy atom. The highest BCUT2D eigenvalue weighted by molar-refractivity contribution is 6.31. The fourth-order valence-corrected chi connectivity index (χ4v) is 6.05. The van der Waals surface area contributed by atoms with Crippen molar-refractivity contribution < 1.29 is 18.0 Å². The summed E-state index contributed by atoms with van der Waals surface area (Å²) in [6.07, 6.45) is 0.884. The number of halogens is 4. The van der Waals surface area contributed by atoms with Crippen LogP contribution in [0.4, 0.5) is 18.9 Å². The van der Waals surface area contributed by atoms with Gasteiger partial charge in [0.25, 0.3) is 5.91 Å². The first kappa shape index (κ1) is 29.4. The molecular weight excluding hydrogens is 501 g/mol. The lowest BCUT2D eigenvalue weighted by atomic mass is 9.88. The summed E-state index contributed by atoms with van der Waals surface area (Å²) in [5.41, 5.74) is 5.71. The maximum absolute atomic E-state index is 13.3. The van der Waals surface area contributed by atoms with Gasteiger partial charge in [-0.25, -0.2) is 0 Å². The molecule has 0 radical (unpaired) electrons. The quantitative estimate of drug-likeness (QED) is 0.411. The number of hydrogen-bond acceptors (Lipinski definition) is 4. The van der Waals surface area contributed by atoms with Gasteiger partial charge in [-0.15, -0.1) is 0 Å². The summed E-state index contributed by atoms with van der Waals surface area (Å²) in [5, 5.41) is 6.96. The number of alkyl halides is 3. The van der Waals surface area contributed by atoms with E-state index >= 15 is 0 Å². The lowest BCUT2D eigenvalue weighted by Gasteiger charge is -2.41. The zero-order valence-corrected chi connectivity index (χ0v) is 23.5. The normalized spacial score (nSPS) is 22.6. The standard InChI is InChI=1S/C28H40ClF3N4O/c1-7-36(23-10-8-22(9-11-23)35(6)16-28(30,31)32)26-14-21(29)13-24(19(26)4)27(37)33-15-25-17(2)12-18(3)34-20(25)5/h12-14,20,22-23,34H,7-11,15-16H2,1-6H3,(H,33,37). The predicted octanol–water partition coefficient (Wildman–Crippen LogP) is 6.22. The molecule has 1 amide bonds. The van der Waals surface area contributed by atoms with Crippen LogP contribution in [0.5, 0.6) is 0 Å². The van der Waals surface area contributed by atoms with E-state index in [-0.39, 0.29) is 24.0 Å². The average molecular weight is 541 g/mol. The van der Waals surface area contributed by atoms with Crippen LogP contribution >= 0.6 is 11.6 Å². The fraction of sp³-hybridized carbons (Fsp3) is 0.607. The summed E-state index contributed by atoms with van der Waals surface area (Å²) < 4.78 is 38.5. The SMILES string of the molecule is CCN(c1cc(Cl)cc(C(=O)NCC2=C(C)C=C(C)NC2C)c1C)C1CCC(N(C)CC(F)(F)F)CC1. The van der Waals surface area contributed by atoms with Gasteiger partial charge in [-0.2, -0.15) is 13.2 Å². The van der Waals surface area contributed by atoms with E-state index < -0.39 is 12.7 Å². The molecule has 2 N–H and O–H groups in total. The molecule has 3 rings (SSSR count). The van der Waals surface area contributed by atoms with Gasteiger partial charge in [0.2, 0.25) is 0 Å². The van der Waals surface area contributed by atoms with Crippen molar-refractivity contribution in [3.8, 4) is 0 Å². The molecule has 0 bridgehead atoms. The number of benzene rings is 1. The average Bonchev–Trinajstić information content (AvgIpc) is 2.80. The van der Waals surface area contributed by atoms with Crippen molar-refractivity contribution in [3.05, 3.63) is 51.2 Å². The van der Waals surface area contributed by atoms with Crippen molar-refractivity contribution in [1.82, 2.24) is 15.5 Å². The van der Waals surface area contributed by atoms with Crippen LogP contribution in [0.15, 0.2) is 35.1 Å². The number of nitrogens with one attached hydrogen (secondary N) is 2. The molecule has 0 saturated heterocycles. The number of carbonyl (C=O) groups excluding carboxylic acids is 1. The zero-order chi connectivity index (χ0) is 27.5. The first-order valence-electron chi connectivity index (χ1n) is 13.1. The van der Waals surface area contributed by atoms with Crippen LogP contribution in [0, 0.1) is 6.92 Å². The van der Waals surface area contributed by atoms with Crippen molar-refractivity contribution in [1.29, 1.82) is 0 Å². The van der Waals surface area contributed by atoms with E-state index in [1.807, 2.05) is 19.9 Å². The number of anilines is 1. The number of carbonyl (C=O) groups is 1. The Morgan fingerprint density at radius 1 is 1.14 bits per heavy atom. The number of amides is 1. The Balaban J connectivity index is 1.73. The second kappa shape index (κ2) is 12.1. The monoisotopic (exact) mass is 540 g/mol. The van der Waals surface area contributed by atoms with Gasteiger partial charge in [-0.1, -0.05) is 11.6 Å². The summed E-state index contributed by atoms with van der Waals surface area (Å²) in [7, 11) is 1.56. The van der Waals surface area contributed by atoms with E-state index in [0.29, 0.717) is 30.0 Å². The highest BCUT2D eigenvalue weighted by atomic mass is 35.5. The largest absolute Gasteiger partial charge is 0.401 e. The second-order valence-electron chi connectivity index (χ2n) is 10.5. The highest BCUT2D eigenvalue weighted by Crippen LogP contribution is 2.35. The molecule has 2 aliphatic rings. The number of rotatable bonds is 8. The van der Waals surface area contributed by atoms with Gasteiger partial charge in [0.1, 0.15) is 0 Å². The van der Waals surface area contributed by atoms with Gasteiger partial charge in [0, 0.05) is 53.2 Å². The summed E-state index contributed by atoms with van der Waals surface area (Å²) in [6.45, 7) is 10.4. The fourth-order valence-electron chi connectivity index (χ4n) is 5.84. The molecule has 1 unspecified atom stereocenters. The number of hydrogen-bond donors (Lipinski definition) is 2. The predicted molar refractivity (Wildman–Crippen MR) is 145 cm³/mol. The summed E-state index contributed by atoms with van der Waals surface area (Å²) in [6, 6.07) is 3.85. The van der Waals surface area contributed by atoms with Crippen molar-refractivity contribution >= 4 is 23.2 Å². The zero-order valence-electron chi connectivity index (χ0n) is 22.7. The van der Waals surface area contributed by atoms with Crippen LogP contribution in [0.2, 0.25) is 5.02 Å². The molecule has 5 nitrogen and oxygen atoms in total. The Labute approximate surface area is 224 Å². The first-order valence-corrected chi connectivity index (χ1v) is 13.4. The minimum absolute atomic E-state index is 0.0774. The van der Waals surface area contributed by atoms with E-state index in [1.165, 1.54) is 4.90 Å². The van der Waals surface area contributed by atoms with Crippen LogP contribution in [-0.2, 0) is 0 Å². The molecule has 1 aromatic rings. The van der Waals surface area contributed by atoms with E-state index in [1.54, 1.807) is 13.1 Å². The molecule has 1 saturated carbocycles. The Kier molecular flexibility index (Phi) is 9.62. The Morgan fingerprint density at radius 3 is 2.32 bits per heavy atom. The summed E-state index contributed by atoms with van der Waals surface area (Å²) in [5.74, 6) is -0.173. The molecule has 1 heterocycles. The Bertz CT molecular complexity index is 1040. The van der Waals surface area contributed by atoms with Gasteiger partial charge in [-0.05, 0) is 102 Å². The van der Waals surface area contributed by atoms with Crippen molar-refractivity contribution in [2.45, 2.75) is 84.6 Å². The number of dihydropyridines is 1. The third kappa shape index (κ3) is 7.44. The first-order chi connectivity index (χ1) is 17.3. The molecule has 206 valence electrons. The van der Waals surface area contributed by atoms with E-state index in [4.69, 9.17) is 11.6 Å². The second-order valence-corrected chi connectivity index (χ2v) is 10.9. The molecule has 37 heavy (non-hydrogen) atoms. The lowest BCUT2D eigenvalue weighted by Crippen LogP contribution is -2.45. The van der Waals surface area contributed by atoms with Crippen LogP contribution in [0.1, 0.15) is 69.3 Å². The van der Waals surface area contributed by atoms with Crippen molar-refractivity contribution in [2.24, 2.45) is 0 Å². The van der Waals surface area contributed by atoms with E-state index in [0.717, 1.165) is 47.5 Å². The summed E-state index contributed by atoms with van der Waals surface area (Å²) >= 11 is 6.50. The highest BCUT2D eigenvalue weighted by Gasteiger charge is 2.35. The van der Waals surface area contributed by atoms with Crippen LogP contribution < -0.4 is 15.5 Å². The minimum Gasteiger partial charge on any atom is -0.382 e. The molecule has 1 atom stereocenters. The van der Waals surface area contributed by atoms with Crippen molar-refractivity contribution in [2.75, 3.05) is 31.6 Å². The maximum Gasteiger partial charge on any atom is 0.401 e. The molecule has 9 heteroatoms. The van der Waals surface area contributed by atoms with Gasteiger partial charge < -0.3 is 15.5 Å². The van der Waals surface area contributed by atoms with Gasteiger partial charge >= 0.3 is 6.18 Å². The van der Waals surface area contributed by atoms with Gasteiger partial charge in [-0.3, -0.25) is 9.69 Å². The molecule has 1 aliphatic carbocycles. The minimum atomic E-state index is -4.19. The van der Waals surface area contributed by atoms with E-state index in [9.17, 15) is 18.0 Å². The van der Waals surface area contributed by atoms with Gasteiger partial charge in [0.15, 0.2) is 0 Å².